The number of aryl methyl sites for hydroxylation is 4. The number of nitrogens with zero attached hydrogens (tertiary/aromatic N) is 6. The maximum Gasteiger partial charge on any atom is 0.416 e. The summed E-state index contributed by atoms with van der Waals surface area (Å²) in [5.74, 6) is -1.97. The molecule has 0 spiro atoms. The Hall–Kier alpha value is -7.58. The summed E-state index contributed by atoms with van der Waals surface area (Å²) in [6, 6.07) is 19.4. The SMILES string of the molecule is CCc1cc(CC(C)(C)CN2Cc3c(nn(-c4c(C)cccc4C)c3-c3ccc(NC(N)=O)cc3)C2(C)C)cc(CC)c1-n1nc2c(c1-c1cc(F)c(NC(N)=O)cc1F)CN(Cc1ccc(C(F)(F)F)cc1C(F)(F)F)C2(C)C. The van der Waals surface area contributed by atoms with E-state index in [0.717, 1.165) is 74.2 Å². The molecule has 0 fully saturated rings. The van der Waals surface area contributed by atoms with E-state index in [4.69, 9.17) is 21.7 Å². The molecule has 2 aliphatic rings. The van der Waals surface area contributed by atoms with Gasteiger partial charge in [-0.05, 0) is 130 Å². The molecule has 5 aromatic carbocycles. The van der Waals surface area contributed by atoms with Crippen LogP contribution in [0.25, 0.3) is 33.9 Å². The van der Waals surface area contributed by atoms with Crippen molar-refractivity contribution in [2.45, 2.75) is 132 Å². The lowest BCUT2D eigenvalue weighted by Gasteiger charge is -2.38. The second kappa shape index (κ2) is 20.5. The number of benzene rings is 5. The third kappa shape index (κ3) is 10.5. The van der Waals surface area contributed by atoms with Crippen molar-refractivity contribution in [1.29, 1.82) is 0 Å². The molecule has 0 aliphatic carbocycles. The molecular weight excluding hydrogens is 1040 g/mol. The molecule has 0 bridgehead atoms. The van der Waals surface area contributed by atoms with E-state index in [9.17, 15) is 35.9 Å². The lowest BCUT2D eigenvalue weighted by Crippen LogP contribution is -2.43. The van der Waals surface area contributed by atoms with Gasteiger partial charge in [-0.1, -0.05) is 76.2 Å². The van der Waals surface area contributed by atoms with Crippen molar-refractivity contribution in [1.82, 2.24) is 29.4 Å². The van der Waals surface area contributed by atoms with Gasteiger partial charge in [0, 0.05) is 60.2 Å². The van der Waals surface area contributed by atoms with Crippen LogP contribution in [-0.2, 0) is 62.3 Å². The summed E-state index contributed by atoms with van der Waals surface area (Å²) >= 11 is 0. The quantitative estimate of drug-likeness (QED) is 0.0796. The average Bonchev–Trinajstić information content (AvgIpc) is 3.99. The van der Waals surface area contributed by atoms with Gasteiger partial charge in [-0.25, -0.2) is 27.7 Å². The largest absolute Gasteiger partial charge is 0.416 e. The molecule has 0 saturated heterocycles. The first kappa shape index (κ1) is 57.1. The fraction of sp³-hybridized carbons (Fsp3) is 0.367. The van der Waals surface area contributed by atoms with Gasteiger partial charge < -0.3 is 22.1 Å². The van der Waals surface area contributed by atoms with Crippen LogP contribution in [0.3, 0.4) is 0 Å². The molecular formula is C60H64F8N10O2. The zero-order valence-electron chi connectivity index (χ0n) is 46.2. The molecule has 4 amide bonds. The number of hydrogen-bond donors (Lipinski definition) is 4. The predicted molar refractivity (Wildman–Crippen MR) is 292 cm³/mol. The number of nitrogens with two attached hydrogens (primary N) is 2. The van der Waals surface area contributed by atoms with Crippen LogP contribution in [0, 0.1) is 30.9 Å². The number of carbonyl (C=O) groups excluding carboxylic acids is 2. The molecule has 20 heteroatoms. The molecule has 0 atom stereocenters. The molecule has 0 radical (unpaired) electrons. The number of amides is 4. The number of alkyl halides is 6. The second-order valence-corrected chi connectivity index (χ2v) is 22.8. The summed E-state index contributed by atoms with van der Waals surface area (Å²) in [6.07, 6.45) is -8.56. The van der Waals surface area contributed by atoms with Crippen molar-refractivity contribution in [2.24, 2.45) is 16.9 Å². The normalized spacial score (nSPS) is 15.3. The number of anilines is 2. The minimum Gasteiger partial charge on any atom is -0.351 e. The van der Waals surface area contributed by atoms with Gasteiger partial charge in [-0.3, -0.25) is 9.80 Å². The highest BCUT2D eigenvalue weighted by molar-refractivity contribution is 5.89. The Bertz CT molecular complexity index is 3550. The van der Waals surface area contributed by atoms with Crippen LogP contribution in [0.15, 0.2) is 84.9 Å². The lowest BCUT2D eigenvalue weighted by atomic mass is 9.82. The summed E-state index contributed by atoms with van der Waals surface area (Å²) < 4.78 is 121. The fourth-order valence-electron chi connectivity index (χ4n) is 11.8. The van der Waals surface area contributed by atoms with Crippen LogP contribution >= 0.6 is 0 Å². The Labute approximate surface area is 459 Å². The van der Waals surface area contributed by atoms with Crippen molar-refractivity contribution < 1.29 is 44.7 Å². The van der Waals surface area contributed by atoms with Crippen LogP contribution in [0.2, 0.25) is 0 Å². The number of rotatable bonds is 14. The van der Waals surface area contributed by atoms with E-state index in [0.29, 0.717) is 61.1 Å². The number of nitrogens with one attached hydrogen (secondary N) is 2. The summed E-state index contributed by atoms with van der Waals surface area (Å²) in [7, 11) is 0. The third-order valence-corrected chi connectivity index (χ3v) is 15.8. The van der Waals surface area contributed by atoms with Crippen molar-refractivity contribution >= 4 is 23.4 Å². The first-order valence-electron chi connectivity index (χ1n) is 26.3. The minimum atomic E-state index is -5.13. The van der Waals surface area contributed by atoms with Crippen LogP contribution in [0.5, 0.6) is 0 Å². The van der Waals surface area contributed by atoms with Gasteiger partial charge in [0.1, 0.15) is 11.6 Å². The van der Waals surface area contributed by atoms with Gasteiger partial charge in [0.15, 0.2) is 0 Å². The highest BCUT2D eigenvalue weighted by Gasteiger charge is 2.47. The van der Waals surface area contributed by atoms with Crippen molar-refractivity contribution in [3.8, 4) is 33.9 Å². The van der Waals surface area contributed by atoms with Crippen molar-refractivity contribution in [3.63, 3.8) is 0 Å². The maximum absolute atomic E-state index is 16.7. The van der Waals surface area contributed by atoms with E-state index in [1.165, 1.54) is 0 Å². The van der Waals surface area contributed by atoms with Crippen LogP contribution in [0.4, 0.5) is 56.1 Å². The Balaban J connectivity index is 1.08. The van der Waals surface area contributed by atoms with E-state index < -0.39 is 76.0 Å². The number of carbonyl (C=O) groups is 2. The number of para-hydroxylation sites is 1. The standard InChI is InChI=1S/C60H64F8N10O2/c1-11-35-22-34(27-56(5,6)31-76-30-42-50(37-17-20-40(21-18-37)71-54(69)79)77(73-52(42)58(76,9)10)48-32(3)14-13-15-33(48)4)23-36(12-2)49(35)78-51(41-25-46(62)47(26-45(41)61)72-55(70)80)43-29-75(57(7,8)53(43)74-78)28-38-16-19-39(59(63,64)65)24-44(38)60(66,67)68/h13-26H,11-12,27-31H2,1-10H3,(H3,69,71,79)(H3,70,72,80). The Morgan fingerprint density at radius 3 is 1.75 bits per heavy atom. The van der Waals surface area contributed by atoms with Crippen LogP contribution in [0.1, 0.15) is 122 Å². The topological polar surface area (TPSA) is 152 Å². The van der Waals surface area contributed by atoms with E-state index in [2.05, 4.69) is 81.3 Å². The zero-order valence-corrected chi connectivity index (χ0v) is 46.2. The zero-order chi connectivity index (χ0) is 58.3. The van der Waals surface area contributed by atoms with Gasteiger partial charge in [-0.2, -0.15) is 36.5 Å². The monoisotopic (exact) mass is 1110 g/mol. The number of hydrogen-bond acceptors (Lipinski definition) is 6. The molecule has 422 valence electrons. The first-order chi connectivity index (χ1) is 37.3. The Kier molecular flexibility index (Phi) is 14.6. The van der Waals surface area contributed by atoms with Gasteiger partial charge in [0.05, 0.1) is 62.0 Å². The average molecular weight is 1110 g/mol. The van der Waals surface area contributed by atoms with E-state index in [1.807, 2.05) is 48.9 Å². The Morgan fingerprint density at radius 1 is 0.650 bits per heavy atom. The summed E-state index contributed by atoms with van der Waals surface area (Å²) in [6.45, 7) is 21.0. The number of urea groups is 2. The molecule has 7 aromatic rings. The first-order valence-corrected chi connectivity index (χ1v) is 26.3. The number of aromatic nitrogens is 4. The predicted octanol–water partition coefficient (Wildman–Crippen LogP) is 14.0. The number of halogens is 8. The second-order valence-electron chi connectivity index (χ2n) is 22.8. The van der Waals surface area contributed by atoms with Gasteiger partial charge in [0.2, 0.25) is 0 Å². The summed E-state index contributed by atoms with van der Waals surface area (Å²) in [4.78, 5) is 27.5. The maximum atomic E-state index is 16.7. The van der Waals surface area contributed by atoms with E-state index in [1.54, 1.807) is 23.4 Å². The third-order valence-electron chi connectivity index (χ3n) is 15.8. The molecule has 2 aliphatic heterocycles. The Morgan fingerprint density at radius 2 is 1.20 bits per heavy atom. The fourth-order valence-corrected chi connectivity index (χ4v) is 11.8. The molecule has 12 nitrogen and oxygen atoms in total. The molecule has 0 unspecified atom stereocenters. The number of fused-ring (bicyclic) bond motifs is 2. The summed E-state index contributed by atoms with van der Waals surface area (Å²) in [5.41, 5.74) is 16.3. The van der Waals surface area contributed by atoms with Crippen molar-refractivity contribution in [2.75, 3.05) is 17.2 Å². The van der Waals surface area contributed by atoms with E-state index >= 15 is 8.78 Å². The highest BCUT2D eigenvalue weighted by Crippen LogP contribution is 2.49. The molecule has 6 N–H and O–H groups in total. The van der Waals surface area contributed by atoms with E-state index in [-0.39, 0.29) is 29.3 Å². The van der Waals surface area contributed by atoms with Gasteiger partial charge >= 0.3 is 24.4 Å². The van der Waals surface area contributed by atoms with Gasteiger partial charge in [0.25, 0.3) is 0 Å². The molecule has 2 aromatic heterocycles. The molecule has 80 heavy (non-hydrogen) atoms. The van der Waals surface area contributed by atoms with Gasteiger partial charge in [-0.15, -0.1) is 0 Å². The smallest absolute Gasteiger partial charge is 0.351 e. The minimum absolute atomic E-state index is 0.101. The molecule has 4 heterocycles. The number of primary amides is 2. The van der Waals surface area contributed by atoms with Crippen LogP contribution < -0.4 is 22.1 Å². The molecule has 0 saturated carbocycles. The molecule has 9 rings (SSSR count). The highest BCUT2D eigenvalue weighted by atomic mass is 19.4. The summed E-state index contributed by atoms with van der Waals surface area (Å²) in [5, 5.41) is 15.3. The lowest BCUT2D eigenvalue weighted by molar-refractivity contribution is -0.143. The van der Waals surface area contributed by atoms with Crippen LogP contribution in [-0.4, -0.2) is 48.0 Å². The van der Waals surface area contributed by atoms with Crippen molar-refractivity contribution in [3.05, 3.63) is 164 Å².